The molecule has 2 heteroatoms. The lowest BCUT2D eigenvalue weighted by molar-refractivity contribution is 0.135. The average molecular weight is 205 g/mol. The van der Waals surface area contributed by atoms with Crippen molar-refractivity contribution in [2.45, 2.75) is 39.4 Å². The lowest BCUT2D eigenvalue weighted by atomic mass is 10.1. The summed E-state index contributed by atoms with van der Waals surface area (Å²) in [6, 6.07) is 6.32. The molecular formula is C13H19NO. The molecule has 0 unspecified atom stereocenters. The molecule has 0 atom stereocenters. The summed E-state index contributed by atoms with van der Waals surface area (Å²) in [4.78, 5) is 2.47. The van der Waals surface area contributed by atoms with Crippen molar-refractivity contribution in [3.05, 3.63) is 29.3 Å². The molecule has 0 radical (unpaired) electrons. The topological polar surface area (TPSA) is 12.5 Å². The average Bonchev–Trinajstić information content (AvgIpc) is 2.59. The number of ether oxygens (including phenoxy) is 1. The molecule has 1 aliphatic heterocycles. The quantitative estimate of drug-likeness (QED) is 0.699. The Balaban J connectivity index is 2.31. The Kier molecular flexibility index (Phi) is 2.47. The fraction of sp³-hybridized carbons (Fsp3) is 0.538. The highest BCUT2D eigenvalue weighted by Crippen LogP contribution is 2.34. The van der Waals surface area contributed by atoms with E-state index in [0.29, 0.717) is 0 Å². The van der Waals surface area contributed by atoms with Crippen LogP contribution in [0.15, 0.2) is 18.2 Å². The number of rotatable bonds is 1. The summed E-state index contributed by atoms with van der Waals surface area (Å²) >= 11 is 0. The highest BCUT2D eigenvalue weighted by Gasteiger charge is 2.29. The van der Waals surface area contributed by atoms with Crippen LogP contribution in [0.2, 0.25) is 0 Å². The van der Waals surface area contributed by atoms with E-state index in [9.17, 15) is 0 Å². The standard InChI is InChI=1S/C13H19NO/c1-13(2,3)14-8-10-6-5-7-12(15-4)11(10)9-14/h5-7H,8-9H2,1-4H3. The van der Waals surface area contributed by atoms with Crippen LogP contribution < -0.4 is 4.74 Å². The van der Waals surface area contributed by atoms with Crippen LogP contribution >= 0.6 is 0 Å². The van der Waals surface area contributed by atoms with Gasteiger partial charge in [-0.15, -0.1) is 0 Å². The van der Waals surface area contributed by atoms with Gasteiger partial charge in [0.1, 0.15) is 5.75 Å². The third-order valence-corrected chi connectivity index (χ3v) is 3.11. The van der Waals surface area contributed by atoms with E-state index in [1.54, 1.807) is 7.11 Å². The molecule has 2 rings (SSSR count). The summed E-state index contributed by atoms with van der Waals surface area (Å²) in [5.74, 6) is 1.03. The minimum absolute atomic E-state index is 0.226. The summed E-state index contributed by atoms with van der Waals surface area (Å²) in [7, 11) is 1.75. The van der Waals surface area contributed by atoms with Crippen LogP contribution in [0.4, 0.5) is 0 Å². The smallest absolute Gasteiger partial charge is 0.123 e. The third-order valence-electron chi connectivity index (χ3n) is 3.11. The molecule has 2 nitrogen and oxygen atoms in total. The van der Waals surface area contributed by atoms with E-state index >= 15 is 0 Å². The molecule has 0 aromatic heterocycles. The minimum atomic E-state index is 0.226. The second-order valence-corrected chi connectivity index (χ2v) is 5.12. The molecule has 82 valence electrons. The van der Waals surface area contributed by atoms with Crippen molar-refractivity contribution in [2.75, 3.05) is 7.11 Å². The molecule has 0 aliphatic carbocycles. The van der Waals surface area contributed by atoms with Crippen molar-refractivity contribution in [3.8, 4) is 5.75 Å². The number of nitrogens with zero attached hydrogens (tertiary/aromatic N) is 1. The van der Waals surface area contributed by atoms with Crippen LogP contribution in [0, 0.1) is 0 Å². The number of benzene rings is 1. The zero-order valence-electron chi connectivity index (χ0n) is 10.0. The maximum atomic E-state index is 5.39. The van der Waals surface area contributed by atoms with Gasteiger partial charge in [0.05, 0.1) is 7.11 Å². The van der Waals surface area contributed by atoms with Crippen LogP contribution in [0.3, 0.4) is 0 Å². The van der Waals surface area contributed by atoms with E-state index in [-0.39, 0.29) is 5.54 Å². The Morgan fingerprint density at radius 3 is 2.53 bits per heavy atom. The molecule has 1 heterocycles. The van der Waals surface area contributed by atoms with Crippen molar-refractivity contribution >= 4 is 0 Å². The fourth-order valence-corrected chi connectivity index (χ4v) is 2.06. The lowest BCUT2D eigenvalue weighted by Crippen LogP contribution is -2.36. The van der Waals surface area contributed by atoms with Gasteiger partial charge >= 0.3 is 0 Å². The van der Waals surface area contributed by atoms with Gasteiger partial charge in [-0.1, -0.05) is 12.1 Å². The Hall–Kier alpha value is -1.02. The van der Waals surface area contributed by atoms with Crippen LogP contribution in [0.5, 0.6) is 5.75 Å². The number of hydrogen-bond donors (Lipinski definition) is 0. The molecule has 0 amide bonds. The Morgan fingerprint density at radius 1 is 1.20 bits per heavy atom. The van der Waals surface area contributed by atoms with E-state index in [0.717, 1.165) is 18.8 Å². The predicted octanol–water partition coefficient (Wildman–Crippen LogP) is 2.81. The van der Waals surface area contributed by atoms with Gasteiger partial charge in [0, 0.05) is 24.2 Å². The first-order valence-electron chi connectivity index (χ1n) is 5.42. The monoisotopic (exact) mass is 205 g/mol. The highest BCUT2D eigenvalue weighted by atomic mass is 16.5. The zero-order chi connectivity index (χ0) is 11.1. The zero-order valence-corrected chi connectivity index (χ0v) is 10.0. The summed E-state index contributed by atoms with van der Waals surface area (Å²) in [5, 5.41) is 0. The van der Waals surface area contributed by atoms with Crippen LogP contribution in [-0.2, 0) is 13.1 Å². The predicted molar refractivity (Wildman–Crippen MR) is 62.0 cm³/mol. The molecule has 0 bridgehead atoms. The van der Waals surface area contributed by atoms with Gasteiger partial charge in [-0.2, -0.15) is 0 Å². The fourth-order valence-electron chi connectivity index (χ4n) is 2.06. The Bertz CT molecular complexity index is 365. The third kappa shape index (κ3) is 1.86. The maximum absolute atomic E-state index is 5.39. The second kappa shape index (κ2) is 3.53. The first-order valence-corrected chi connectivity index (χ1v) is 5.42. The normalized spacial score (nSPS) is 16.5. The van der Waals surface area contributed by atoms with Crippen LogP contribution in [-0.4, -0.2) is 17.5 Å². The summed E-state index contributed by atoms with van der Waals surface area (Å²) < 4.78 is 5.39. The van der Waals surface area contributed by atoms with Crippen molar-refractivity contribution in [1.82, 2.24) is 4.90 Å². The largest absolute Gasteiger partial charge is 0.496 e. The van der Waals surface area contributed by atoms with Crippen molar-refractivity contribution < 1.29 is 4.74 Å². The molecule has 0 saturated heterocycles. The minimum Gasteiger partial charge on any atom is -0.496 e. The van der Waals surface area contributed by atoms with Gasteiger partial charge < -0.3 is 4.74 Å². The van der Waals surface area contributed by atoms with Crippen molar-refractivity contribution in [3.63, 3.8) is 0 Å². The van der Waals surface area contributed by atoms with Gasteiger partial charge in [-0.3, -0.25) is 4.90 Å². The Morgan fingerprint density at radius 2 is 1.93 bits per heavy atom. The van der Waals surface area contributed by atoms with E-state index in [2.05, 4.69) is 37.8 Å². The van der Waals surface area contributed by atoms with E-state index < -0.39 is 0 Å². The molecule has 1 aromatic carbocycles. The summed E-state index contributed by atoms with van der Waals surface area (Å²) in [6.07, 6.45) is 0. The van der Waals surface area contributed by atoms with E-state index in [1.165, 1.54) is 11.1 Å². The van der Waals surface area contributed by atoms with Gasteiger partial charge in [0.15, 0.2) is 0 Å². The summed E-state index contributed by atoms with van der Waals surface area (Å²) in [6.45, 7) is 8.81. The molecule has 0 spiro atoms. The maximum Gasteiger partial charge on any atom is 0.123 e. The van der Waals surface area contributed by atoms with Gasteiger partial charge in [-0.25, -0.2) is 0 Å². The summed E-state index contributed by atoms with van der Waals surface area (Å²) in [5.41, 5.74) is 2.99. The molecule has 0 N–H and O–H groups in total. The molecule has 1 aliphatic rings. The SMILES string of the molecule is COc1cccc2c1CN(C(C)(C)C)C2. The number of methoxy groups -OCH3 is 1. The molecule has 0 fully saturated rings. The molecule has 1 aromatic rings. The first-order chi connectivity index (χ1) is 7.02. The molecule has 0 saturated carbocycles. The van der Waals surface area contributed by atoms with Crippen LogP contribution in [0.25, 0.3) is 0 Å². The molecule has 15 heavy (non-hydrogen) atoms. The van der Waals surface area contributed by atoms with Gasteiger partial charge in [-0.05, 0) is 32.4 Å². The number of hydrogen-bond acceptors (Lipinski definition) is 2. The van der Waals surface area contributed by atoms with Crippen molar-refractivity contribution in [1.29, 1.82) is 0 Å². The molecular weight excluding hydrogens is 186 g/mol. The number of fused-ring (bicyclic) bond motifs is 1. The second-order valence-electron chi connectivity index (χ2n) is 5.12. The lowest BCUT2D eigenvalue weighted by Gasteiger charge is -2.31. The van der Waals surface area contributed by atoms with Gasteiger partial charge in [0.2, 0.25) is 0 Å². The van der Waals surface area contributed by atoms with E-state index in [1.807, 2.05) is 6.07 Å². The van der Waals surface area contributed by atoms with E-state index in [4.69, 9.17) is 4.74 Å². The Labute approximate surface area is 91.9 Å². The van der Waals surface area contributed by atoms with Crippen molar-refractivity contribution in [2.24, 2.45) is 0 Å². The highest BCUT2D eigenvalue weighted by molar-refractivity contribution is 5.42. The first kappa shape index (κ1) is 10.5. The van der Waals surface area contributed by atoms with Gasteiger partial charge in [0.25, 0.3) is 0 Å². The van der Waals surface area contributed by atoms with Crippen LogP contribution in [0.1, 0.15) is 31.9 Å².